The molecule has 2 aromatic carbocycles. The van der Waals surface area contributed by atoms with Crippen molar-refractivity contribution in [3.05, 3.63) is 73.9 Å². The van der Waals surface area contributed by atoms with E-state index in [4.69, 9.17) is 4.74 Å². The van der Waals surface area contributed by atoms with Crippen molar-refractivity contribution in [2.45, 2.75) is 12.8 Å². The highest BCUT2D eigenvalue weighted by Crippen LogP contribution is 2.28. The van der Waals surface area contributed by atoms with Gasteiger partial charge in [0.1, 0.15) is 0 Å². The maximum Gasteiger partial charge on any atom is 0.363 e. The SMILES string of the molecule is O=C1OC(c2ccc(N3CCCC3=O)cc2)=NC1=Cc1ccc(Br)c([N+](=O)[O-])c1. The van der Waals surface area contributed by atoms with E-state index in [1.54, 1.807) is 35.2 Å². The lowest BCUT2D eigenvalue weighted by Gasteiger charge is -2.15. The van der Waals surface area contributed by atoms with Gasteiger partial charge in [0, 0.05) is 30.3 Å². The molecule has 0 aromatic heterocycles. The Morgan fingerprint density at radius 1 is 1.17 bits per heavy atom. The van der Waals surface area contributed by atoms with Gasteiger partial charge in [0.2, 0.25) is 11.8 Å². The van der Waals surface area contributed by atoms with E-state index in [1.165, 1.54) is 18.2 Å². The van der Waals surface area contributed by atoms with Crippen LogP contribution in [0.15, 0.2) is 57.6 Å². The Balaban J connectivity index is 1.59. The first-order valence-corrected chi connectivity index (χ1v) is 9.59. The number of anilines is 1. The van der Waals surface area contributed by atoms with E-state index in [0.29, 0.717) is 28.6 Å². The van der Waals surface area contributed by atoms with Crippen LogP contribution in [-0.4, -0.2) is 29.2 Å². The normalized spacial score (nSPS) is 17.6. The number of carbonyl (C=O) groups excluding carboxylic acids is 2. The van der Waals surface area contributed by atoms with Crippen LogP contribution in [0.3, 0.4) is 0 Å². The number of benzene rings is 2. The number of nitrogens with zero attached hydrogens (tertiary/aromatic N) is 3. The Morgan fingerprint density at radius 2 is 1.93 bits per heavy atom. The van der Waals surface area contributed by atoms with Crippen molar-refractivity contribution in [2.24, 2.45) is 4.99 Å². The Kier molecular flexibility index (Phi) is 4.98. The summed E-state index contributed by atoms with van der Waals surface area (Å²) in [7, 11) is 0. The minimum atomic E-state index is -0.635. The molecule has 0 spiro atoms. The smallest absolute Gasteiger partial charge is 0.363 e. The van der Waals surface area contributed by atoms with Gasteiger partial charge in [-0.05, 0) is 64.3 Å². The van der Waals surface area contributed by atoms with Crippen LogP contribution in [0.4, 0.5) is 11.4 Å². The molecule has 2 heterocycles. The van der Waals surface area contributed by atoms with Crippen molar-refractivity contribution in [3.63, 3.8) is 0 Å². The van der Waals surface area contributed by atoms with Crippen LogP contribution >= 0.6 is 15.9 Å². The number of hydrogen-bond acceptors (Lipinski definition) is 6. The fourth-order valence-electron chi connectivity index (χ4n) is 3.15. The highest BCUT2D eigenvalue weighted by molar-refractivity contribution is 9.10. The molecule has 0 aliphatic carbocycles. The molecule has 146 valence electrons. The van der Waals surface area contributed by atoms with Gasteiger partial charge in [0.15, 0.2) is 5.70 Å². The van der Waals surface area contributed by atoms with Crippen molar-refractivity contribution < 1.29 is 19.2 Å². The molecule has 0 unspecified atom stereocenters. The molecular weight excluding hydrogens is 442 g/mol. The molecule has 0 atom stereocenters. The zero-order valence-electron chi connectivity index (χ0n) is 15.0. The fourth-order valence-corrected chi connectivity index (χ4v) is 3.55. The number of nitro benzene ring substituents is 1. The highest BCUT2D eigenvalue weighted by atomic mass is 79.9. The first-order valence-electron chi connectivity index (χ1n) is 8.80. The number of esters is 1. The second kappa shape index (κ2) is 7.59. The van der Waals surface area contributed by atoms with Crippen molar-refractivity contribution in [2.75, 3.05) is 11.4 Å². The standard InChI is InChI=1S/C20H14BrN3O5/c21-15-8-3-12(11-17(15)24(27)28)10-16-20(26)29-19(22-16)13-4-6-14(7-5-13)23-9-1-2-18(23)25/h3-8,10-11H,1-2,9H2. The molecule has 9 heteroatoms. The van der Waals surface area contributed by atoms with Crippen molar-refractivity contribution >= 4 is 51.2 Å². The number of ether oxygens (including phenoxy) is 1. The van der Waals surface area contributed by atoms with Gasteiger partial charge in [-0.15, -0.1) is 0 Å². The van der Waals surface area contributed by atoms with Gasteiger partial charge in [0.25, 0.3) is 5.69 Å². The molecule has 0 bridgehead atoms. The quantitative estimate of drug-likeness (QED) is 0.301. The zero-order valence-corrected chi connectivity index (χ0v) is 16.6. The summed E-state index contributed by atoms with van der Waals surface area (Å²) in [6.45, 7) is 0.695. The van der Waals surface area contributed by atoms with Gasteiger partial charge in [-0.3, -0.25) is 14.9 Å². The van der Waals surface area contributed by atoms with E-state index in [1.807, 2.05) is 0 Å². The van der Waals surface area contributed by atoms with Crippen LogP contribution in [-0.2, 0) is 14.3 Å². The lowest BCUT2D eigenvalue weighted by molar-refractivity contribution is -0.385. The number of amides is 1. The topological polar surface area (TPSA) is 102 Å². The van der Waals surface area contributed by atoms with Gasteiger partial charge in [-0.2, -0.15) is 0 Å². The summed E-state index contributed by atoms with van der Waals surface area (Å²) in [5.41, 5.74) is 1.79. The van der Waals surface area contributed by atoms with Crippen molar-refractivity contribution in [1.82, 2.24) is 0 Å². The van der Waals surface area contributed by atoms with E-state index in [9.17, 15) is 19.7 Å². The molecule has 4 rings (SSSR count). The Bertz CT molecular complexity index is 1090. The lowest BCUT2D eigenvalue weighted by atomic mass is 10.1. The molecule has 0 saturated carbocycles. The summed E-state index contributed by atoms with van der Waals surface area (Å²) in [6, 6.07) is 11.6. The summed E-state index contributed by atoms with van der Waals surface area (Å²) in [5.74, 6) is -0.396. The average molecular weight is 456 g/mol. The van der Waals surface area contributed by atoms with Crippen LogP contribution < -0.4 is 4.90 Å². The van der Waals surface area contributed by atoms with Gasteiger partial charge < -0.3 is 9.64 Å². The third kappa shape index (κ3) is 3.81. The van der Waals surface area contributed by atoms with Crippen LogP contribution in [0.5, 0.6) is 0 Å². The zero-order chi connectivity index (χ0) is 20.5. The second-order valence-corrected chi connectivity index (χ2v) is 7.35. The lowest BCUT2D eigenvalue weighted by Crippen LogP contribution is -2.23. The first kappa shape index (κ1) is 19.0. The molecule has 1 fully saturated rings. The molecular formula is C20H14BrN3O5. The number of aliphatic imine (C=N–C) groups is 1. The molecule has 29 heavy (non-hydrogen) atoms. The fraction of sp³-hybridized carbons (Fsp3) is 0.150. The maximum absolute atomic E-state index is 12.2. The minimum Gasteiger partial charge on any atom is -0.402 e. The number of rotatable bonds is 4. The molecule has 1 saturated heterocycles. The van der Waals surface area contributed by atoms with E-state index in [-0.39, 0.29) is 23.2 Å². The second-order valence-electron chi connectivity index (χ2n) is 6.50. The number of halogens is 1. The van der Waals surface area contributed by atoms with Crippen LogP contribution in [0.25, 0.3) is 6.08 Å². The maximum atomic E-state index is 12.2. The summed E-state index contributed by atoms with van der Waals surface area (Å²) in [4.78, 5) is 40.5. The number of hydrogen-bond donors (Lipinski definition) is 0. The molecule has 8 nitrogen and oxygen atoms in total. The number of carbonyl (C=O) groups is 2. The molecule has 1 amide bonds. The predicted molar refractivity (Wildman–Crippen MR) is 109 cm³/mol. The predicted octanol–water partition coefficient (Wildman–Crippen LogP) is 3.83. The van der Waals surface area contributed by atoms with Gasteiger partial charge in [-0.1, -0.05) is 6.07 Å². The third-order valence-electron chi connectivity index (χ3n) is 4.59. The van der Waals surface area contributed by atoms with Gasteiger partial charge in [0.05, 0.1) is 9.40 Å². The highest BCUT2D eigenvalue weighted by Gasteiger charge is 2.26. The van der Waals surface area contributed by atoms with Crippen LogP contribution in [0.2, 0.25) is 0 Å². The number of cyclic esters (lactones) is 1. The Morgan fingerprint density at radius 3 is 2.59 bits per heavy atom. The monoisotopic (exact) mass is 455 g/mol. The first-order chi connectivity index (χ1) is 13.9. The van der Waals surface area contributed by atoms with E-state index >= 15 is 0 Å². The van der Waals surface area contributed by atoms with E-state index < -0.39 is 10.9 Å². The number of nitro groups is 1. The van der Waals surface area contributed by atoms with Crippen LogP contribution in [0, 0.1) is 10.1 Å². The Hall–Kier alpha value is -3.33. The molecule has 2 aromatic rings. The van der Waals surface area contributed by atoms with Gasteiger partial charge in [-0.25, -0.2) is 9.79 Å². The van der Waals surface area contributed by atoms with Gasteiger partial charge >= 0.3 is 5.97 Å². The van der Waals surface area contributed by atoms with Crippen LogP contribution in [0.1, 0.15) is 24.0 Å². The summed E-state index contributed by atoms with van der Waals surface area (Å²) >= 11 is 3.12. The molecule has 0 N–H and O–H groups in total. The van der Waals surface area contributed by atoms with E-state index in [0.717, 1.165) is 12.1 Å². The summed E-state index contributed by atoms with van der Waals surface area (Å²) in [5, 5.41) is 11.1. The van der Waals surface area contributed by atoms with Crippen molar-refractivity contribution in [3.8, 4) is 0 Å². The third-order valence-corrected chi connectivity index (χ3v) is 5.26. The summed E-state index contributed by atoms with van der Waals surface area (Å²) < 4.78 is 5.59. The molecule has 2 aliphatic heterocycles. The Labute approximate surface area is 173 Å². The molecule has 0 radical (unpaired) electrons. The van der Waals surface area contributed by atoms with Crippen molar-refractivity contribution in [1.29, 1.82) is 0 Å². The average Bonchev–Trinajstić information content (AvgIpc) is 3.29. The molecule has 2 aliphatic rings. The summed E-state index contributed by atoms with van der Waals surface area (Å²) in [6.07, 6.45) is 2.83. The minimum absolute atomic E-state index is 0.0513. The largest absolute Gasteiger partial charge is 0.402 e. The van der Waals surface area contributed by atoms with E-state index in [2.05, 4.69) is 20.9 Å².